The first-order chi connectivity index (χ1) is 6.20. The summed E-state index contributed by atoms with van der Waals surface area (Å²) in [6.45, 7) is 2.62. The molecule has 3 N–H and O–H groups in total. The lowest BCUT2D eigenvalue weighted by Gasteiger charge is -2.07. The highest BCUT2D eigenvalue weighted by Crippen LogP contribution is 2.12. The molecular weight excluding hydrogens is 164 g/mol. The molecular formula is C10H14N2O. The lowest BCUT2D eigenvalue weighted by Crippen LogP contribution is -2.16. The number of nitrogens with two attached hydrogens (primary N) is 1. The molecule has 0 fully saturated rings. The fraction of sp³-hybridized carbons (Fsp3) is 0.300. The minimum Gasteiger partial charge on any atom is -0.384 e. The van der Waals surface area contributed by atoms with E-state index in [-0.39, 0.29) is 5.91 Å². The minimum absolute atomic E-state index is 0.277. The van der Waals surface area contributed by atoms with E-state index in [0.717, 1.165) is 5.69 Å². The van der Waals surface area contributed by atoms with Crippen LogP contribution in [0.2, 0.25) is 0 Å². The highest BCUT2D eigenvalue weighted by molar-refractivity contribution is 5.74. The Morgan fingerprint density at radius 3 is 2.77 bits per heavy atom. The number of carbonyl (C=O) groups is 1. The van der Waals surface area contributed by atoms with Crippen LogP contribution < -0.4 is 11.1 Å². The lowest BCUT2D eigenvalue weighted by atomic mass is 10.2. The van der Waals surface area contributed by atoms with Crippen LogP contribution in [0.15, 0.2) is 24.3 Å². The van der Waals surface area contributed by atoms with Crippen molar-refractivity contribution in [3.8, 4) is 0 Å². The van der Waals surface area contributed by atoms with Gasteiger partial charge in [0.2, 0.25) is 5.91 Å². The van der Waals surface area contributed by atoms with Crippen molar-refractivity contribution in [2.24, 2.45) is 5.73 Å². The van der Waals surface area contributed by atoms with Gasteiger partial charge in [0, 0.05) is 18.7 Å². The van der Waals surface area contributed by atoms with Gasteiger partial charge in [-0.2, -0.15) is 0 Å². The standard InChI is InChI=1S/C10H14N2O/c1-8-4-2-3-5-9(8)12-7-6-10(11)13/h2-5,12H,6-7H2,1H3,(H2,11,13). The first-order valence-electron chi connectivity index (χ1n) is 4.28. The summed E-state index contributed by atoms with van der Waals surface area (Å²) < 4.78 is 0. The molecule has 0 unspecified atom stereocenters. The van der Waals surface area contributed by atoms with E-state index in [0.29, 0.717) is 13.0 Å². The first kappa shape index (κ1) is 9.58. The number of benzene rings is 1. The van der Waals surface area contributed by atoms with Gasteiger partial charge in [0.05, 0.1) is 0 Å². The van der Waals surface area contributed by atoms with Crippen LogP contribution in [0.1, 0.15) is 12.0 Å². The molecule has 0 saturated heterocycles. The largest absolute Gasteiger partial charge is 0.384 e. The molecule has 1 rings (SSSR count). The van der Waals surface area contributed by atoms with E-state index < -0.39 is 0 Å². The van der Waals surface area contributed by atoms with Crippen LogP contribution in [-0.4, -0.2) is 12.5 Å². The molecule has 0 atom stereocenters. The van der Waals surface area contributed by atoms with E-state index in [2.05, 4.69) is 5.32 Å². The van der Waals surface area contributed by atoms with Crippen molar-refractivity contribution in [2.45, 2.75) is 13.3 Å². The van der Waals surface area contributed by atoms with Gasteiger partial charge in [-0.05, 0) is 18.6 Å². The number of hydrogen-bond acceptors (Lipinski definition) is 2. The Bertz CT molecular complexity index is 297. The lowest BCUT2D eigenvalue weighted by molar-refractivity contribution is -0.117. The number of aryl methyl sites for hydroxylation is 1. The van der Waals surface area contributed by atoms with Crippen molar-refractivity contribution in [2.75, 3.05) is 11.9 Å². The molecule has 0 heterocycles. The van der Waals surface area contributed by atoms with Crippen molar-refractivity contribution >= 4 is 11.6 Å². The van der Waals surface area contributed by atoms with Gasteiger partial charge in [-0.1, -0.05) is 18.2 Å². The zero-order valence-electron chi connectivity index (χ0n) is 7.71. The highest BCUT2D eigenvalue weighted by Gasteiger charge is 1.96. The van der Waals surface area contributed by atoms with Crippen molar-refractivity contribution in [3.63, 3.8) is 0 Å². The molecule has 70 valence electrons. The molecule has 0 aliphatic heterocycles. The Morgan fingerprint density at radius 1 is 1.46 bits per heavy atom. The van der Waals surface area contributed by atoms with Gasteiger partial charge >= 0.3 is 0 Å². The summed E-state index contributed by atoms with van der Waals surface area (Å²) in [6, 6.07) is 7.94. The molecule has 3 nitrogen and oxygen atoms in total. The summed E-state index contributed by atoms with van der Waals surface area (Å²) in [5, 5.41) is 3.14. The molecule has 0 saturated carbocycles. The number of primary amides is 1. The predicted molar refractivity (Wildman–Crippen MR) is 53.5 cm³/mol. The Labute approximate surface area is 77.9 Å². The summed E-state index contributed by atoms with van der Waals surface area (Å²) in [4.78, 5) is 10.5. The van der Waals surface area contributed by atoms with Gasteiger partial charge in [0.25, 0.3) is 0 Å². The fourth-order valence-electron chi connectivity index (χ4n) is 1.09. The molecule has 0 spiro atoms. The quantitative estimate of drug-likeness (QED) is 0.729. The summed E-state index contributed by atoms with van der Waals surface area (Å²) in [5.74, 6) is -0.277. The number of para-hydroxylation sites is 1. The molecule has 13 heavy (non-hydrogen) atoms. The van der Waals surface area contributed by atoms with Crippen LogP contribution in [0.3, 0.4) is 0 Å². The smallest absolute Gasteiger partial charge is 0.219 e. The van der Waals surface area contributed by atoms with Gasteiger partial charge in [-0.15, -0.1) is 0 Å². The summed E-state index contributed by atoms with van der Waals surface area (Å²) >= 11 is 0. The second-order valence-corrected chi connectivity index (χ2v) is 2.96. The van der Waals surface area contributed by atoms with Crippen LogP contribution in [0.4, 0.5) is 5.69 Å². The SMILES string of the molecule is Cc1ccccc1NCCC(N)=O. The summed E-state index contributed by atoms with van der Waals surface area (Å²) in [6.07, 6.45) is 0.369. The van der Waals surface area contributed by atoms with E-state index in [1.807, 2.05) is 31.2 Å². The molecule has 0 bridgehead atoms. The Kier molecular flexibility index (Phi) is 3.31. The molecule has 0 radical (unpaired) electrons. The van der Waals surface area contributed by atoms with Crippen LogP contribution in [0.5, 0.6) is 0 Å². The minimum atomic E-state index is -0.277. The maximum Gasteiger partial charge on any atom is 0.219 e. The second kappa shape index (κ2) is 4.50. The van der Waals surface area contributed by atoms with E-state index in [4.69, 9.17) is 5.73 Å². The van der Waals surface area contributed by atoms with Crippen LogP contribution >= 0.6 is 0 Å². The first-order valence-corrected chi connectivity index (χ1v) is 4.28. The van der Waals surface area contributed by atoms with E-state index in [1.165, 1.54) is 5.56 Å². The van der Waals surface area contributed by atoms with E-state index in [9.17, 15) is 4.79 Å². The average molecular weight is 178 g/mol. The monoisotopic (exact) mass is 178 g/mol. The predicted octanol–water partition coefficient (Wildman–Crippen LogP) is 1.28. The zero-order valence-corrected chi connectivity index (χ0v) is 7.71. The molecule has 1 amide bonds. The van der Waals surface area contributed by atoms with Crippen molar-refractivity contribution in [3.05, 3.63) is 29.8 Å². The maximum atomic E-state index is 10.5. The van der Waals surface area contributed by atoms with Crippen molar-refractivity contribution < 1.29 is 4.79 Å². The van der Waals surface area contributed by atoms with Gasteiger partial charge in [-0.3, -0.25) is 4.79 Å². The molecule has 0 aromatic heterocycles. The Balaban J connectivity index is 2.45. The van der Waals surface area contributed by atoms with Crippen molar-refractivity contribution in [1.29, 1.82) is 0 Å². The third-order valence-electron chi connectivity index (χ3n) is 1.83. The van der Waals surface area contributed by atoms with E-state index >= 15 is 0 Å². The Hall–Kier alpha value is -1.51. The van der Waals surface area contributed by atoms with Gasteiger partial charge in [-0.25, -0.2) is 0 Å². The van der Waals surface area contributed by atoms with Gasteiger partial charge < -0.3 is 11.1 Å². The Morgan fingerprint density at radius 2 is 2.15 bits per heavy atom. The number of anilines is 1. The maximum absolute atomic E-state index is 10.5. The normalized spacial score (nSPS) is 9.62. The molecule has 0 aliphatic rings. The zero-order chi connectivity index (χ0) is 9.68. The molecule has 3 heteroatoms. The fourth-order valence-corrected chi connectivity index (χ4v) is 1.09. The number of carbonyl (C=O) groups excluding carboxylic acids is 1. The topological polar surface area (TPSA) is 55.1 Å². The number of amides is 1. The van der Waals surface area contributed by atoms with Crippen LogP contribution in [0, 0.1) is 6.92 Å². The van der Waals surface area contributed by atoms with Gasteiger partial charge in [0.1, 0.15) is 0 Å². The highest BCUT2D eigenvalue weighted by atomic mass is 16.1. The third-order valence-corrected chi connectivity index (χ3v) is 1.83. The van der Waals surface area contributed by atoms with Crippen molar-refractivity contribution in [1.82, 2.24) is 0 Å². The number of rotatable bonds is 4. The second-order valence-electron chi connectivity index (χ2n) is 2.96. The molecule has 0 aliphatic carbocycles. The number of hydrogen-bond donors (Lipinski definition) is 2. The molecule has 1 aromatic carbocycles. The van der Waals surface area contributed by atoms with Crippen LogP contribution in [-0.2, 0) is 4.79 Å². The summed E-state index contributed by atoms with van der Waals surface area (Å²) in [5.41, 5.74) is 7.25. The number of nitrogens with one attached hydrogen (secondary N) is 1. The molecule has 1 aromatic rings. The van der Waals surface area contributed by atoms with E-state index in [1.54, 1.807) is 0 Å². The average Bonchev–Trinajstić information content (AvgIpc) is 2.08. The van der Waals surface area contributed by atoms with Gasteiger partial charge in [0.15, 0.2) is 0 Å². The summed E-state index contributed by atoms with van der Waals surface area (Å²) in [7, 11) is 0. The van der Waals surface area contributed by atoms with Crippen LogP contribution in [0.25, 0.3) is 0 Å². The third kappa shape index (κ3) is 3.15.